The maximum Gasteiger partial charge on any atom is 0.246 e. The van der Waals surface area contributed by atoms with Crippen molar-refractivity contribution in [1.29, 1.82) is 0 Å². The van der Waals surface area contributed by atoms with Gasteiger partial charge in [-0.3, -0.25) is 4.79 Å². The Hall–Kier alpha value is -3.90. The van der Waals surface area contributed by atoms with E-state index in [4.69, 9.17) is 30.2 Å². The van der Waals surface area contributed by atoms with Crippen LogP contribution in [0.4, 0.5) is 5.69 Å². The zero-order valence-corrected chi connectivity index (χ0v) is 19.6. The summed E-state index contributed by atoms with van der Waals surface area (Å²) in [5.41, 5.74) is 3.57. The summed E-state index contributed by atoms with van der Waals surface area (Å²) in [5, 5.41) is 0.670. The number of hydrogen-bond acceptors (Lipinski definition) is 5. The van der Waals surface area contributed by atoms with Crippen molar-refractivity contribution in [3.05, 3.63) is 94.2 Å². The number of furan rings is 1. The first kappa shape index (κ1) is 20.5. The fourth-order valence-corrected chi connectivity index (χ4v) is 5.45. The molecule has 4 heterocycles. The van der Waals surface area contributed by atoms with Gasteiger partial charge < -0.3 is 23.5 Å². The summed E-state index contributed by atoms with van der Waals surface area (Å²) in [6, 6.07) is 21.1. The number of para-hydroxylation sites is 1. The molecular weight excluding hydrogens is 466 g/mol. The molecule has 1 atom stereocenters. The van der Waals surface area contributed by atoms with Gasteiger partial charge in [-0.25, -0.2) is 0 Å². The summed E-state index contributed by atoms with van der Waals surface area (Å²) in [4.78, 5) is 16.0. The van der Waals surface area contributed by atoms with Crippen molar-refractivity contribution < 1.29 is 23.4 Å². The molecule has 7 rings (SSSR count). The van der Waals surface area contributed by atoms with Gasteiger partial charge in [-0.2, -0.15) is 0 Å². The predicted octanol–water partition coefficient (Wildman–Crippen LogP) is 5.86. The second-order valence-electron chi connectivity index (χ2n) is 9.00. The molecule has 35 heavy (non-hydrogen) atoms. The van der Waals surface area contributed by atoms with Gasteiger partial charge in [0.2, 0.25) is 12.7 Å². The Labute approximate surface area is 206 Å². The minimum Gasteiger partial charge on any atom is -0.491 e. The van der Waals surface area contributed by atoms with E-state index in [1.165, 1.54) is 0 Å². The number of aryl methyl sites for hydroxylation is 1. The van der Waals surface area contributed by atoms with Gasteiger partial charge in [0.15, 0.2) is 11.5 Å². The van der Waals surface area contributed by atoms with Gasteiger partial charge in [0.25, 0.3) is 0 Å². The van der Waals surface area contributed by atoms with Crippen molar-refractivity contribution in [3.8, 4) is 28.6 Å². The fourth-order valence-electron chi connectivity index (χ4n) is 5.33. The normalized spacial score (nSPS) is 19.3. The van der Waals surface area contributed by atoms with Crippen LogP contribution >= 0.6 is 11.6 Å². The number of amides is 1. The number of anilines is 1. The number of nitrogens with zero attached hydrogens (tertiary/aromatic N) is 1. The molecule has 3 aliphatic rings. The van der Waals surface area contributed by atoms with Crippen molar-refractivity contribution in [1.82, 2.24) is 0 Å². The predicted molar refractivity (Wildman–Crippen MR) is 130 cm³/mol. The van der Waals surface area contributed by atoms with Crippen LogP contribution in [0.5, 0.6) is 17.2 Å². The minimum absolute atomic E-state index is 0.0232. The fraction of sp³-hybridized carbons (Fsp3) is 0.179. The molecular formula is C28H20ClNO5. The Morgan fingerprint density at radius 2 is 1.69 bits per heavy atom. The van der Waals surface area contributed by atoms with E-state index in [1.54, 1.807) is 0 Å². The Balaban J connectivity index is 1.30. The van der Waals surface area contributed by atoms with E-state index in [9.17, 15) is 4.79 Å². The lowest BCUT2D eigenvalue weighted by Gasteiger charge is -2.23. The third kappa shape index (κ3) is 2.86. The van der Waals surface area contributed by atoms with E-state index in [0.29, 0.717) is 28.8 Å². The average Bonchev–Trinajstić information content (AvgIpc) is 3.62. The van der Waals surface area contributed by atoms with E-state index in [0.717, 1.165) is 39.5 Å². The number of fused-ring (bicyclic) bond motifs is 5. The molecule has 3 aliphatic heterocycles. The van der Waals surface area contributed by atoms with E-state index < -0.39 is 5.41 Å². The molecule has 0 radical (unpaired) electrons. The number of carbonyl (C=O) groups excluding carboxylic acids is 1. The molecule has 7 heteroatoms. The van der Waals surface area contributed by atoms with Gasteiger partial charge in [-0.05, 0) is 55.0 Å². The largest absolute Gasteiger partial charge is 0.491 e. The second kappa shape index (κ2) is 7.30. The molecule has 0 saturated carbocycles. The van der Waals surface area contributed by atoms with Crippen molar-refractivity contribution in [2.24, 2.45) is 0 Å². The molecule has 0 aliphatic carbocycles. The summed E-state index contributed by atoms with van der Waals surface area (Å²) in [6.07, 6.45) is 0. The first-order chi connectivity index (χ1) is 17.0. The van der Waals surface area contributed by atoms with Crippen molar-refractivity contribution in [2.75, 3.05) is 18.3 Å². The first-order valence-corrected chi connectivity index (χ1v) is 11.8. The molecule has 0 fully saturated rings. The molecule has 174 valence electrons. The third-order valence-corrected chi connectivity index (χ3v) is 7.37. The summed E-state index contributed by atoms with van der Waals surface area (Å²) < 4.78 is 23.3. The van der Waals surface area contributed by atoms with Crippen LogP contribution in [0.15, 0.2) is 71.1 Å². The molecule has 3 aromatic carbocycles. The van der Waals surface area contributed by atoms with Gasteiger partial charge in [0.1, 0.15) is 29.3 Å². The molecule has 1 unspecified atom stereocenters. The number of halogens is 1. The molecule has 1 aromatic heterocycles. The number of benzene rings is 3. The van der Waals surface area contributed by atoms with Crippen molar-refractivity contribution in [3.63, 3.8) is 0 Å². The van der Waals surface area contributed by atoms with E-state index in [-0.39, 0.29) is 19.3 Å². The van der Waals surface area contributed by atoms with Crippen LogP contribution < -0.4 is 19.1 Å². The van der Waals surface area contributed by atoms with Crippen LogP contribution in [0.2, 0.25) is 5.02 Å². The monoisotopic (exact) mass is 485 g/mol. The van der Waals surface area contributed by atoms with E-state index in [2.05, 4.69) is 0 Å². The van der Waals surface area contributed by atoms with Crippen LogP contribution in [-0.4, -0.2) is 19.3 Å². The summed E-state index contributed by atoms with van der Waals surface area (Å²) in [5.74, 6) is 3.42. The number of ether oxygens (including phenoxy) is 3. The van der Waals surface area contributed by atoms with Gasteiger partial charge in [0.05, 0.1) is 6.54 Å². The Morgan fingerprint density at radius 1 is 0.914 bits per heavy atom. The van der Waals surface area contributed by atoms with Crippen molar-refractivity contribution in [2.45, 2.75) is 18.9 Å². The number of hydrogen-bond donors (Lipinski definition) is 0. The lowest BCUT2D eigenvalue weighted by molar-refractivity contribution is -0.122. The second-order valence-corrected chi connectivity index (χ2v) is 9.44. The molecule has 6 nitrogen and oxygen atoms in total. The summed E-state index contributed by atoms with van der Waals surface area (Å²) in [6.45, 7) is 2.71. The number of carbonyl (C=O) groups is 1. The first-order valence-electron chi connectivity index (χ1n) is 11.4. The van der Waals surface area contributed by atoms with E-state index >= 15 is 0 Å². The quantitative estimate of drug-likeness (QED) is 0.363. The molecule has 0 saturated heterocycles. The highest BCUT2D eigenvalue weighted by Crippen LogP contribution is 2.55. The smallest absolute Gasteiger partial charge is 0.246 e. The highest BCUT2D eigenvalue weighted by molar-refractivity contribution is 6.30. The van der Waals surface area contributed by atoms with Crippen molar-refractivity contribution >= 4 is 23.2 Å². The van der Waals surface area contributed by atoms with Crippen LogP contribution in [0.1, 0.15) is 22.5 Å². The van der Waals surface area contributed by atoms with Crippen LogP contribution in [0, 0.1) is 6.92 Å². The van der Waals surface area contributed by atoms with Crippen LogP contribution in [0.25, 0.3) is 11.3 Å². The average molecular weight is 486 g/mol. The topological polar surface area (TPSA) is 61.1 Å². The van der Waals surface area contributed by atoms with Gasteiger partial charge in [0, 0.05) is 33.5 Å². The van der Waals surface area contributed by atoms with E-state index in [1.807, 2.05) is 78.6 Å². The molecule has 4 aromatic rings. The highest BCUT2D eigenvalue weighted by atomic mass is 35.5. The van der Waals surface area contributed by atoms with Gasteiger partial charge in [-0.1, -0.05) is 29.8 Å². The zero-order valence-electron chi connectivity index (χ0n) is 18.8. The Morgan fingerprint density at radius 3 is 2.51 bits per heavy atom. The maximum absolute atomic E-state index is 14.2. The van der Waals surface area contributed by atoms with Crippen LogP contribution in [-0.2, 0) is 16.8 Å². The lowest BCUT2D eigenvalue weighted by Crippen LogP contribution is -2.42. The van der Waals surface area contributed by atoms with Gasteiger partial charge in [-0.15, -0.1) is 0 Å². The SMILES string of the molecule is Cc1oc(-c2ccc(Cl)cc2)cc1CN1C(=O)C2(COc3cc4c(cc32)OCO4)c2ccccc21. The third-order valence-electron chi connectivity index (χ3n) is 7.12. The Kier molecular flexibility index (Phi) is 4.27. The summed E-state index contributed by atoms with van der Waals surface area (Å²) in [7, 11) is 0. The highest BCUT2D eigenvalue weighted by Gasteiger charge is 2.57. The molecule has 0 bridgehead atoms. The Bertz CT molecular complexity index is 1510. The molecule has 0 N–H and O–H groups in total. The van der Waals surface area contributed by atoms with Crippen LogP contribution in [0.3, 0.4) is 0 Å². The van der Waals surface area contributed by atoms with Gasteiger partial charge >= 0.3 is 0 Å². The zero-order chi connectivity index (χ0) is 23.7. The number of rotatable bonds is 3. The standard InChI is InChI=1S/C28H20ClNO5/c1-16-18(10-23(35-16)17-6-8-19(29)9-7-17)13-30-22-5-3-2-4-20(22)28(27(30)31)14-32-24-12-26-25(11-21(24)28)33-15-34-26/h2-12H,13-15H2,1H3. The minimum atomic E-state index is -0.927. The lowest BCUT2D eigenvalue weighted by atomic mass is 9.77. The maximum atomic E-state index is 14.2. The molecule has 1 amide bonds. The molecule has 1 spiro atoms. The summed E-state index contributed by atoms with van der Waals surface area (Å²) >= 11 is 6.04.